The van der Waals surface area contributed by atoms with Gasteiger partial charge in [0.05, 0.1) is 4.90 Å². The molecule has 1 amide bonds. The average Bonchev–Trinajstić information content (AvgIpc) is 2.53. The largest absolute Gasteiger partial charge is 0.336 e. The van der Waals surface area contributed by atoms with Gasteiger partial charge in [-0.25, -0.2) is 12.8 Å². The van der Waals surface area contributed by atoms with Crippen LogP contribution in [0.2, 0.25) is 5.02 Å². The Balaban J connectivity index is 1.60. The van der Waals surface area contributed by atoms with Crippen molar-refractivity contribution in [3.8, 4) is 0 Å². The number of hydrogen-bond donors (Lipinski definition) is 0. The molecule has 1 aliphatic rings. The van der Waals surface area contributed by atoms with Crippen LogP contribution in [-0.2, 0) is 14.6 Å². The molecule has 1 heterocycles. The van der Waals surface area contributed by atoms with Crippen molar-refractivity contribution >= 4 is 33.4 Å². The van der Waals surface area contributed by atoms with Gasteiger partial charge >= 0.3 is 0 Å². The Labute approximate surface area is 150 Å². The smallest absolute Gasteiger partial charge is 0.246 e. The lowest BCUT2D eigenvalue weighted by atomic mass is 10.2. The van der Waals surface area contributed by atoms with Gasteiger partial charge in [-0.05, 0) is 48.0 Å². The van der Waals surface area contributed by atoms with Gasteiger partial charge in [0.1, 0.15) is 11.1 Å². The monoisotopic (exact) mass is 379 g/mol. The van der Waals surface area contributed by atoms with Gasteiger partial charge in [0.15, 0.2) is 9.84 Å². The van der Waals surface area contributed by atoms with Crippen molar-refractivity contribution in [1.29, 1.82) is 0 Å². The molecule has 0 atom stereocenters. The molecule has 1 aliphatic heterocycles. The van der Waals surface area contributed by atoms with Crippen LogP contribution < -0.4 is 0 Å². The van der Waals surface area contributed by atoms with E-state index in [1.807, 2.05) is 0 Å². The third-order valence-electron chi connectivity index (χ3n) is 4.03. The Kier molecular flexibility index (Phi) is 4.92. The van der Waals surface area contributed by atoms with Crippen LogP contribution in [0, 0.1) is 5.82 Å². The van der Waals surface area contributed by atoms with Gasteiger partial charge in [0, 0.05) is 24.2 Å². The standard InChI is InChI=1S/C18H15ClFNO3S/c19-14-4-1-13(2-5-14)3-10-18(22)21-11-17(12-21)25(23,24)16-8-6-15(20)7-9-16/h1-10,17H,11-12H2/b10-3+. The highest BCUT2D eigenvalue weighted by molar-refractivity contribution is 7.92. The maximum atomic E-state index is 12.9. The number of hydrogen-bond acceptors (Lipinski definition) is 3. The van der Waals surface area contributed by atoms with Crippen LogP contribution in [0.4, 0.5) is 4.39 Å². The van der Waals surface area contributed by atoms with Crippen LogP contribution >= 0.6 is 11.6 Å². The molecule has 7 heteroatoms. The Morgan fingerprint density at radius 1 is 1.08 bits per heavy atom. The second-order valence-electron chi connectivity index (χ2n) is 5.75. The number of halogens is 2. The molecule has 0 unspecified atom stereocenters. The first-order chi connectivity index (χ1) is 11.9. The van der Waals surface area contributed by atoms with Crippen LogP contribution in [0.5, 0.6) is 0 Å². The van der Waals surface area contributed by atoms with Crippen molar-refractivity contribution in [1.82, 2.24) is 4.90 Å². The van der Waals surface area contributed by atoms with Crippen molar-refractivity contribution < 1.29 is 17.6 Å². The van der Waals surface area contributed by atoms with E-state index < -0.39 is 20.9 Å². The molecule has 0 radical (unpaired) electrons. The highest BCUT2D eigenvalue weighted by Crippen LogP contribution is 2.24. The highest BCUT2D eigenvalue weighted by Gasteiger charge is 2.39. The van der Waals surface area contributed by atoms with E-state index in [1.165, 1.54) is 23.1 Å². The lowest BCUT2D eigenvalue weighted by molar-refractivity contribution is -0.128. The van der Waals surface area contributed by atoms with E-state index in [2.05, 4.69) is 0 Å². The minimum absolute atomic E-state index is 0.0719. The van der Waals surface area contributed by atoms with Gasteiger partial charge in [0.2, 0.25) is 5.91 Å². The molecule has 0 bridgehead atoms. The summed E-state index contributed by atoms with van der Waals surface area (Å²) in [5.74, 6) is -0.739. The van der Waals surface area contributed by atoms with Crippen LogP contribution in [0.1, 0.15) is 5.56 Å². The zero-order valence-electron chi connectivity index (χ0n) is 13.1. The van der Waals surface area contributed by atoms with E-state index in [9.17, 15) is 17.6 Å². The molecule has 1 fully saturated rings. The number of rotatable bonds is 4. The molecule has 0 saturated carbocycles. The third-order valence-corrected chi connectivity index (χ3v) is 6.39. The summed E-state index contributed by atoms with van der Waals surface area (Å²) in [5.41, 5.74) is 0.828. The first-order valence-electron chi connectivity index (χ1n) is 7.58. The number of carbonyl (C=O) groups excluding carboxylic acids is 1. The van der Waals surface area contributed by atoms with Crippen LogP contribution in [-0.4, -0.2) is 37.6 Å². The quantitative estimate of drug-likeness (QED) is 0.605. The first-order valence-corrected chi connectivity index (χ1v) is 9.51. The van der Waals surface area contributed by atoms with Crippen LogP contribution in [0.3, 0.4) is 0 Å². The molecular formula is C18H15ClFNO3S. The molecule has 0 spiro atoms. The predicted molar refractivity (Wildman–Crippen MR) is 94.4 cm³/mol. The summed E-state index contributed by atoms with van der Waals surface area (Å²) in [6.45, 7) is 0.257. The zero-order chi connectivity index (χ0) is 18.0. The van der Waals surface area contributed by atoms with Crippen LogP contribution in [0.15, 0.2) is 59.5 Å². The number of nitrogens with zero attached hydrogens (tertiary/aromatic N) is 1. The molecular weight excluding hydrogens is 365 g/mol. The van der Waals surface area contributed by atoms with E-state index in [0.717, 1.165) is 17.7 Å². The Hall–Kier alpha value is -2.18. The van der Waals surface area contributed by atoms with Crippen LogP contribution in [0.25, 0.3) is 6.08 Å². The van der Waals surface area contributed by atoms with Gasteiger partial charge in [-0.15, -0.1) is 0 Å². The van der Waals surface area contributed by atoms with Crippen molar-refractivity contribution in [2.24, 2.45) is 0 Å². The summed E-state index contributed by atoms with van der Waals surface area (Å²) in [4.78, 5) is 13.6. The number of carbonyl (C=O) groups is 1. The predicted octanol–water partition coefficient (Wildman–Crippen LogP) is 3.18. The lowest BCUT2D eigenvalue weighted by Gasteiger charge is -2.38. The number of sulfone groups is 1. The number of amides is 1. The Morgan fingerprint density at radius 2 is 1.68 bits per heavy atom. The van der Waals surface area contributed by atoms with Crippen molar-refractivity contribution in [3.63, 3.8) is 0 Å². The Bertz CT molecular complexity index is 902. The number of likely N-dealkylation sites (tertiary alicyclic amines) is 1. The average molecular weight is 380 g/mol. The summed E-state index contributed by atoms with van der Waals surface area (Å²) in [5, 5.41) is -0.0501. The van der Waals surface area contributed by atoms with Gasteiger partial charge in [-0.2, -0.15) is 0 Å². The highest BCUT2D eigenvalue weighted by atomic mass is 35.5. The maximum Gasteiger partial charge on any atom is 0.246 e. The summed E-state index contributed by atoms with van der Waals surface area (Å²) in [6, 6.07) is 11.7. The van der Waals surface area contributed by atoms with E-state index in [1.54, 1.807) is 30.3 Å². The minimum Gasteiger partial charge on any atom is -0.336 e. The van der Waals surface area contributed by atoms with E-state index in [4.69, 9.17) is 11.6 Å². The second-order valence-corrected chi connectivity index (χ2v) is 8.41. The first kappa shape index (κ1) is 17.6. The molecule has 2 aromatic rings. The summed E-state index contributed by atoms with van der Waals surface area (Å²) >= 11 is 5.80. The molecule has 0 N–H and O–H groups in total. The van der Waals surface area contributed by atoms with Crippen molar-refractivity contribution in [3.05, 3.63) is 71.0 Å². The zero-order valence-corrected chi connectivity index (χ0v) is 14.7. The molecule has 0 aliphatic carbocycles. The topological polar surface area (TPSA) is 54.5 Å². The molecule has 1 saturated heterocycles. The normalized spacial score (nSPS) is 15.4. The lowest BCUT2D eigenvalue weighted by Crippen LogP contribution is -2.56. The number of benzene rings is 2. The fourth-order valence-corrected chi connectivity index (χ4v) is 4.26. The fourth-order valence-electron chi connectivity index (χ4n) is 2.48. The molecule has 130 valence electrons. The summed E-state index contributed by atoms with van der Waals surface area (Å²) in [7, 11) is -3.56. The SMILES string of the molecule is O=C(/C=C/c1ccc(Cl)cc1)N1CC(S(=O)(=O)c2ccc(F)cc2)C1. The molecule has 3 rings (SSSR count). The van der Waals surface area contributed by atoms with Crippen molar-refractivity contribution in [2.75, 3.05) is 13.1 Å². The van der Waals surface area contributed by atoms with E-state index in [-0.39, 0.29) is 23.9 Å². The fraction of sp³-hybridized carbons (Fsp3) is 0.167. The third kappa shape index (κ3) is 3.91. The molecule has 2 aromatic carbocycles. The Morgan fingerprint density at radius 3 is 2.28 bits per heavy atom. The van der Waals surface area contributed by atoms with Gasteiger partial charge in [-0.3, -0.25) is 4.79 Å². The minimum atomic E-state index is -3.56. The summed E-state index contributed by atoms with van der Waals surface area (Å²) < 4.78 is 37.8. The van der Waals surface area contributed by atoms with Gasteiger partial charge in [-0.1, -0.05) is 23.7 Å². The van der Waals surface area contributed by atoms with Gasteiger partial charge in [0.25, 0.3) is 0 Å². The van der Waals surface area contributed by atoms with E-state index >= 15 is 0 Å². The van der Waals surface area contributed by atoms with E-state index in [0.29, 0.717) is 5.02 Å². The molecule has 0 aromatic heterocycles. The van der Waals surface area contributed by atoms with Crippen molar-refractivity contribution in [2.45, 2.75) is 10.1 Å². The molecule has 4 nitrogen and oxygen atoms in total. The summed E-state index contributed by atoms with van der Waals surface area (Å²) in [6.07, 6.45) is 3.06. The maximum absolute atomic E-state index is 12.9. The second kappa shape index (κ2) is 6.98. The molecule has 25 heavy (non-hydrogen) atoms. The van der Waals surface area contributed by atoms with Gasteiger partial charge < -0.3 is 4.90 Å².